The molecule has 0 saturated heterocycles. The van der Waals surface area contributed by atoms with Crippen LogP contribution in [0.3, 0.4) is 0 Å². The summed E-state index contributed by atoms with van der Waals surface area (Å²) < 4.78 is 10.7. The Balaban J connectivity index is 1.71. The third-order valence-corrected chi connectivity index (χ3v) is 6.00. The van der Waals surface area contributed by atoms with Gasteiger partial charge in [0, 0.05) is 16.0 Å². The maximum atomic E-state index is 13.3. The lowest BCUT2D eigenvalue weighted by atomic mass is 10.1. The SMILES string of the molecule is COc1ccc(NC2=C(c3cccs3)C(=O)N(Cc3ccc(Cl)cc3)C2=O)c(OC)c1. The van der Waals surface area contributed by atoms with E-state index in [2.05, 4.69) is 5.32 Å². The first-order valence-electron chi connectivity index (χ1n) is 9.39. The number of nitrogens with zero attached hydrogens (tertiary/aromatic N) is 1. The summed E-state index contributed by atoms with van der Waals surface area (Å²) in [6.45, 7) is 0.147. The fourth-order valence-electron chi connectivity index (χ4n) is 3.29. The molecular weight excluding hydrogens is 436 g/mol. The molecule has 0 atom stereocenters. The molecule has 0 aliphatic carbocycles. The fourth-order valence-corrected chi connectivity index (χ4v) is 4.19. The standard InChI is InChI=1S/C23H19ClN2O4S/c1-29-16-9-10-17(18(12-16)30-2)25-21-20(19-4-3-11-31-19)22(27)26(23(21)28)13-14-5-7-15(24)8-6-14/h3-12,25H,13H2,1-2H3. The van der Waals surface area contributed by atoms with Crippen molar-refractivity contribution >= 4 is 46.0 Å². The monoisotopic (exact) mass is 454 g/mol. The van der Waals surface area contributed by atoms with E-state index in [1.165, 1.54) is 23.3 Å². The van der Waals surface area contributed by atoms with E-state index in [4.69, 9.17) is 21.1 Å². The summed E-state index contributed by atoms with van der Waals surface area (Å²) in [4.78, 5) is 28.5. The van der Waals surface area contributed by atoms with Crippen LogP contribution in [0.15, 0.2) is 65.7 Å². The normalized spacial score (nSPS) is 13.7. The summed E-state index contributed by atoms with van der Waals surface area (Å²) in [5.74, 6) is 0.362. The summed E-state index contributed by atoms with van der Waals surface area (Å²) in [5.41, 5.74) is 1.92. The van der Waals surface area contributed by atoms with Gasteiger partial charge in [-0.1, -0.05) is 29.8 Å². The van der Waals surface area contributed by atoms with E-state index in [9.17, 15) is 9.59 Å². The molecule has 31 heavy (non-hydrogen) atoms. The number of carbonyl (C=O) groups excluding carboxylic acids is 2. The van der Waals surface area contributed by atoms with Gasteiger partial charge >= 0.3 is 0 Å². The van der Waals surface area contributed by atoms with Crippen molar-refractivity contribution in [2.24, 2.45) is 0 Å². The highest BCUT2D eigenvalue weighted by molar-refractivity contribution is 7.11. The van der Waals surface area contributed by atoms with Gasteiger partial charge in [0.05, 0.1) is 32.0 Å². The molecule has 2 heterocycles. The summed E-state index contributed by atoms with van der Waals surface area (Å²) in [5, 5.41) is 5.59. The third kappa shape index (κ3) is 4.15. The van der Waals surface area contributed by atoms with Crippen molar-refractivity contribution in [3.63, 3.8) is 0 Å². The minimum absolute atomic E-state index is 0.147. The Hall–Kier alpha value is -3.29. The summed E-state index contributed by atoms with van der Waals surface area (Å²) in [6, 6.07) is 15.9. The van der Waals surface area contributed by atoms with Crippen LogP contribution < -0.4 is 14.8 Å². The lowest BCUT2D eigenvalue weighted by Crippen LogP contribution is -2.31. The van der Waals surface area contributed by atoms with E-state index in [0.717, 1.165) is 5.56 Å². The van der Waals surface area contributed by atoms with Gasteiger partial charge in [-0.2, -0.15) is 0 Å². The number of carbonyl (C=O) groups is 2. The van der Waals surface area contributed by atoms with E-state index < -0.39 is 5.91 Å². The van der Waals surface area contributed by atoms with Gasteiger partial charge < -0.3 is 14.8 Å². The van der Waals surface area contributed by atoms with Crippen molar-refractivity contribution in [2.75, 3.05) is 19.5 Å². The zero-order valence-corrected chi connectivity index (χ0v) is 18.4. The maximum absolute atomic E-state index is 13.3. The summed E-state index contributed by atoms with van der Waals surface area (Å²) in [7, 11) is 3.09. The molecule has 8 heteroatoms. The van der Waals surface area contributed by atoms with Crippen molar-refractivity contribution in [1.29, 1.82) is 0 Å². The molecule has 0 fully saturated rings. The minimum atomic E-state index is -0.402. The van der Waals surface area contributed by atoms with Crippen molar-refractivity contribution in [3.8, 4) is 11.5 Å². The van der Waals surface area contributed by atoms with Gasteiger partial charge in [-0.25, -0.2) is 0 Å². The van der Waals surface area contributed by atoms with Gasteiger partial charge in [-0.05, 0) is 41.3 Å². The summed E-state index contributed by atoms with van der Waals surface area (Å²) >= 11 is 7.36. The lowest BCUT2D eigenvalue weighted by molar-refractivity contribution is -0.137. The predicted octanol–water partition coefficient (Wildman–Crippen LogP) is 4.81. The number of halogens is 1. The van der Waals surface area contributed by atoms with Crippen LogP contribution in [0.5, 0.6) is 11.5 Å². The average Bonchev–Trinajstić information content (AvgIpc) is 3.38. The molecule has 1 aromatic heterocycles. The number of nitrogens with one attached hydrogen (secondary N) is 1. The average molecular weight is 455 g/mol. The van der Waals surface area contributed by atoms with Gasteiger partial charge in [-0.3, -0.25) is 14.5 Å². The molecule has 0 radical (unpaired) electrons. The molecule has 1 aliphatic heterocycles. The van der Waals surface area contributed by atoms with Crippen LogP contribution in [0.4, 0.5) is 5.69 Å². The van der Waals surface area contributed by atoms with Crippen LogP contribution in [0.25, 0.3) is 5.57 Å². The van der Waals surface area contributed by atoms with Crippen molar-refractivity contribution in [3.05, 3.63) is 81.1 Å². The van der Waals surface area contributed by atoms with Crippen molar-refractivity contribution in [1.82, 2.24) is 4.90 Å². The lowest BCUT2D eigenvalue weighted by Gasteiger charge is -2.16. The molecule has 3 aromatic rings. The summed E-state index contributed by atoms with van der Waals surface area (Å²) in [6.07, 6.45) is 0. The number of hydrogen-bond donors (Lipinski definition) is 1. The fraction of sp³-hybridized carbons (Fsp3) is 0.130. The Morgan fingerprint density at radius 1 is 1.00 bits per heavy atom. The van der Waals surface area contributed by atoms with E-state index in [1.807, 2.05) is 17.5 Å². The number of hydrogen-bond acceptors (Lipinski definition) is 6. The number of rotatable bonds is 7. The molecule has 4 rings (SSSR count). The molecule has 2 aromatic carbocycles. The highest BCUT2D eigenvalue weighted by Crippen LogP contribution is 2.36. The number of benzene rings is 2. The van der Waals surface area contributed by atoms with E-state index in [1.54, 1.807) is 49.6 Å². The Morgan fingerprint density at radius 3 is 2.42 bits per heavy atom. The molecule has 2 amide bonds. The second-order valence-corrected chi connectivity index (χ2v) is 8.13. The van der Waals surface area contributed by atoms with Crippen LogP contribution in [0.1, 0.15) is 10.4 Å². The van der Waals surface area contributed by atoms with Gasteiger partial charge in [0.25, 0.3) is 11.8 Å². The molecule has 0 saturated carbocycles. The first-order chi connectivity index (χ1) is 15.0. The molecule has 1 aliphatic rings. The smallest absolute Gasteiger partial charge is 0.278 e. The first-order valence-corrected chi connectivity index (χ1v) is 10.7. The predicted molar refractivity (Wildman–Crippen MR) is 121 cm³/mol. The molecule has 0 bridgehead atoms. The van der Waals surface area contributed by atoms with E-state index in [0.29, 0.717) is 32.7 Å². The van der Waals surface area contributed by atoms with Crippen LogP contribution in [0, 0.1) is 0 Å². The highest BCUT2D eigenvalue weighted by atomic mass is 35.5. The molecule has 0 unspecified atom stereocenters. The number of anilines is 1. The van der Waals surface area contributed by atoms with Gasteiger partial charge in [0.2, 0.25) is 0 Å². The number of thiophene rings is 1. The van der Waals surface area contributed by atoms with Crippen LogP contribution >= 0.6 is 22.9 Å². The number of imide groups is 1. The van der Waals surface area contributed by atoms with Crippen LogP contribution in [0.2, 0.25) is 5.02 Å². The maximum Gasteiger partial charge on any atom is 0.278 e. The number of ether oxygens (including phenoxy) is 2. The van der Waals surface area contributed by atoms with Crippen LogP contribution in [-0.2, 0) is 16.1 Å². The second-order valence-electron chi connectivity index (χ2n) is 6.74. The molecule has 6 nitrogen and oxygen atoms in total. The minimum Gasteiger partial charge on any atom is -0.497 e. The zero-order valence-electron chi connectivity index (χ0n) is 16.8. The second kappa shape index (κ2) is 8.83. The molecule has 158 valence electrons. The molecular formula is C23H19ClN2O4S. The first kappa shape index (κ1) is 21.0. The molecule has 1 N–H and O–H groups in total. The third-order valence-electron chi connectivity index (χ3n) is 4.86. The van der Waals surface area contributed by atoms with E-state index in [-0.39, 0.29) is 18.1 Å². The van der Waals surface area contributed by atoms with Crippen LogP contribution in [-0.4, -0.2) is 30.9 Å². The Morgan fingerprint density at radius 2 is 1.77 bits per heavy atom. The quantitative estimate of drug-likeness (QED) is 0.519. The largest absolute Gasteiger partial charge is 0.497 e. The topological polar surface area (TPSA) is 67.9 Å². The van der Waals surface area contributed by atoms with Crippen molar-refractivity contribution < 1.29 is 19.1 Å². The highest BCUT2D eigenvalue weighted by Gasteiger charge is 2.40. The van der Waals surface area contributed by atoms with E-state index >= 15 is 0 Å². The zero-order chi connectivity index (χ0) is 22.0. The van der Waals surface area contributed by atoms with Crippen molar-refractivity contribution in [2.45, 2.75) is 6.54 Å². The number of amides is 2. The Kier molecular flexibility index (Phi) is 5.97. The number of methoxy groups -OCH3 is 2. The Labute approximate surface area is 188 Å². The molecule has 0 spiro atoms. The Bertz CT molecular complexity index is 1160. The van der Waals surface area contributed by atoms with Gasteiger partial charge in [0.15, 0.2) is 0 Å². The van der Waals surface area contributed by atoms with Gasteiger partial charge in [-0.15, -0.1) is 11.3 Å². The van der Waals surface area contributed by atoms with Gasteiger partial charge in [0.1, 0.15) is 17.2 Å².